The molecule has 0 saturated heterocycles. The lowest BCUT2D eigenvalue weighted by molar-refractivity contribution is -0.151. The monoisotopic (exact) mass is 322 g/mol. The van der Waals surface area contributed by atoms with E-state index >= 15 is 0 Å². The zero-order valence-electron chi connectivity index (χ0n) is 9.58. The second-order valence-corrected chi connectivity index (χ2v) is 7.11. The lowest BCUT2D eigenvalue weighted by atomic mass is 10.2. The van der Waals surface area contributed by atoms with Gasteiger partial charge < -0.3 is 4.74 Å². The van der Waals surface area contributed by atoms with Crippen LogP contribution in [0.15, 0.2) is 15.9 Å². The van der Waals surface area contributed by atoms with E-state index in [9.17, 15) is 4.79 Å². The first-order chi connectivity index (χ1) is 7.38. The number of thiophene rings is 1. The molecule has 2 nitrogen and oxygen atoms in total. The van der Waals surface area contributed by atoms with Crippen molar-refractivity contribution in [3.05, 3.63) is 20.8 Å². The Morgan fingerprint density at radius 1 is 1.56 bits per heavy atom. The molecular formula is C11H15BrO2S2. The first kappa shape index (κ1) is 14.1. The number of ether oxygens (including phenoxy) is 1. The predicted molar refractivity (Wildman–Crippen MR) is 74.0 cm³/mol. The molecule has 16 heavy (non-hydrogen) atoms. The predicted octanol–water partition coefficient (Wildman–Crippen LogP) is 4.09. The lowest BCUT2D eigenvalue weighted by Gasteiger charge is -2.19. The summed E-state index contributed by atoms with van der Waals surface area (Å²) in [5.41, 5.74) is -0.388. The van der Waals surface area contributed by atoms with Crippen molar-refractivity contribution in [3.63, 3.8) is 0 Å². The number of halogens is 1. The van der Waals surface area contributed by atoms with Crippen molar-refractivity contribution in [1.29, 1.82) is 0 Å². The minimum absolute atomic E-state index is 0.148. The molecule has 1 heterocycles. The maximum atomic E-state index is 11.4. The molecule has 0 spiro atoms. The Morgan fingerprint density at radius 2 is 2.25 bits per heavy atom. The molecule has 1 rings (SSSR count). The van der Waals surface area contributed by atoms with Gasteiger partial charge in [0, 0.05) is 15.1 Å². The zero-order valence-corrected chi connectivity index (χ0v) is 12.8. The molecular weight excluding hydrogens is 308 g/mol. The Morgan fingerprint density at radius 3 is 2.75 bits per heavy atom. The fourth-order valence-electron chi connectivity index (χ4n) is 1.03. The Kier molecular flexibility index (Phi) is 5.34. The van der Waals surface area contributed by atoms with Crippen LogP contribution >= 0.6 is 39.0 Å². The average molecular weight is 323 g/mol. The van der Waals surface area contributed by atoms with Gasteiger partial charge in [-0.1, -0.05) is 0 Å². The molecule has 0 fully saturated rings. The highest BCUT2D eigenvalue weighted by Gasteiger charge is 2.16. The van der Waals surface area contributed by atoms with Crippen molar-refractivity contribution in [3.8, 4) is 0 Å². The second kappa shape index (κ2) is 6.07. The van der Waals surface area contributed by atoms with Gasteiger partial charge in [-0.15, -0.1) is 23.1 Å². The molecule has 0 unspecified atom stereocenters. The van der Waals surface area contributed by atoms with E-state index in [4.69, 9.17) is 4.74 Å². The first-order valence-electron chi connectivity index (χ1n) is 4.90. The van der Waals surface area contributed by atoms with Gasteiger partial charge in [0.2, 0.25) is 0 Å². The van der Waals surface area contributed by atoms with Crippen LogP contribution in [0.4, 0.5) is 0 Å². The highest BCUT2D eigenvalue weighted by atomic mass is 79.9. The van der Waals surface area contributed by atoms with Crippen molar-refractivity contribution < 1.29 is 9.53 Å². The van der Waals surface area contributed by atoms with Gasteiger partial charge in [-0.3, -0.25) is 4.79 Å². The van der Waals surface area contributed by atoms with E-state index in [1.807, 2.05) is 32.2 Å². The summed E-state index contributed by atoms with van der Waals surface area (Å²) in [6.45, 7) is 5.64. The van der Waals surface area contributed by atoms with Crippen LogP contribution < -0.4 is 0 Å². The summed E-state index contributed by atoms with van der Waals surface area (Å²) < 4.78 is 6.34. The number of hydrogen-bond acceptors (Lipinski definition) is 4. The molecule has 0 aliphatic heterocycles. The molecule has 90 valence electrons. The minimum Gasteiger partial charge on any atom is -0.459 e. The second-order valence-electron chi connectivity index (χ2n) is 4.27. The number of esters is 1. The molecule has 5 heteroatoms. The number of rotatable bonds is 4. The minimum atomic E-state index is -0.388. The summed E-state index contributed by atoms with van der Waals surface area (Å²) in [5, 5.41) is 2.04. The number of hydrogen-bond donors (Lipinski definition) is 0. The van der Waals surface area contributed by atoms with Crippen molar-refractivity contribution in [1.82, 2.24) is 0 Å². The summed E-state index contributed by atoms with van der Waals surface area (Å²) in [6.07, 6.45) is 0. The first-order valence-corrected chi connectivity index (χ1v) is 7.72. The third-order valence-corrected chi connectivity index (χ3v) is 4.61. The highest BCUT2D eigenvalue weighted by molar-refractivity contribution is 9.10. The van der Waals surface area contributed by atoms with E-state index in [0.717, 1.165) is 10.2 Å². The van der Waals surface area contributed by atoms with Crippen molar-refractivity contribution in [2.75, 3.05) is 5.75 Å². The van der Waals surface area contributed by atoms with Gasteiger partial charge >= 0.3 is 5.97 Å². The van der Waals surface area contributed by atoms with Gasteiger partial charge in [0.25, 0.3) is 0 Å². The lowest BCUT2D eigenvalue weighted by Crippen LogP contribution is -2.24. The van der Waals surface area contributed by atoms with Crippen molar-refractivity contribution in [2.45, 2.75) is 32.1 Å². The van der Waals surface area contributed by atoms with Crippen LogP contribution in [0, 0.1) is 0 Å². The zero-order chi connectivity index (χ0) is 12.2. The largest absolute Gasteiger partial charge is 0.459 e. The molecule has 0 N–H and O–H groups in total. The maximum absolute atomic E-state index is 11.4. The molecule has 0 aliphatic rings. The molecule has 0 bridgehead atoms. The molecule has 1 aromatic heterocycles. The van der Waals surface area contributed by atoms with Crippen LogP contribution in [0.2, 0.25) is 0 Å². The Labute approximate surface area is 113 Å². The Balaban J connectivity index is 2.26. The van der Waals surface area contributed by atoms with E-state index in [0.29, 0.717) is 5.75 Å². The smallest absolute Gasteiger partial charge is 0.316 e. The SMILES string of the molecule is CC(C)(C)OC(=O)CSCc1sccc1Br. The average Bonchev–Trinajstić information content (AvgIpc) is 2.48. The van der Waals surface area contributed by atoms with Gasteiger partial charge in [-0.2, -0.15) is 0 Å². The van der Waals surface area contributed by atoms with Crippen molar-refractivity contribution >= 4 is 45.0 Å². The summed E-state index contributed by atoms with van der Waals surface area (Å²) in [5.74, 6) is 1.10. The fourth-order valence-corrected chi connectivity index (χ4v) is 3.68. The molecule has 0 saturated carbocycles. The third-order valence-electron chi connectivity index (χ3n) is 1.56. The van der Waals surface area contributed by atoms with E-state index in [-0.39, 0.29) is 11.6 Å². The number of thioether (sulfide) groups is 1. The third kappa shape index (κ3) is 5.37. The topological polar surface area (TPSA) is 26.3 Å². The Bertz CT molecular complexity index is 355. The van der Waals surface area contributed by atoms with Gasteiger partial charge in [0.1, 0.15) is 5.60 Å². The van der Waals surface area contributed by atoms with Gasteiger partial charge in [0.15, 0.2) is 0 Å². The van der Waals surface area contributed by atoms with Crippen LogP contribution in [0.25, 0.3) is 0 Å². The van der Waals surface area contributed by atoms with Crippen LogP contribution in [-0.2, 0) is 15.3 Å². The van der Waals surface area contributed by atoms with Crippen LogP contribution in [-0.4, -0.2) is 17.3 Å². The molecule has 0 amide bonds. The highest BCUT2D eigenvalue weighted by Crippen LogP contribution is 2.27. The standard InChI is InChI=1S/C11H15BrO2S2/c1-11(2,3)14-10(13)7-15-6-9-8(12)4-5-16-9/h4-5H,6-7H2,1-3H3. The molecule has 0 radical (unpaired) electrons. The van der Waals surface area contributed by atoms with E-state index in [2.05, 4.69) is 15.9 Å². The molecule has 1 aromatic rings. The summed E-state index contributed by atoms with van der Waals surface area (Å²) in [6, 6.07) is 2.02. The quantitative estimate of drug-likeness (QED) is 0.781. The summed E-state index contributed by atoms with van der Waals surface area (Å²) in [7, 11) is 0. The normalized spacial score (nSPS) is 11.5. The van der Waals surface area contributed by atoms with Crippen LogP contribution in [0.5, 0.6) is 0 Å². The summed E-state index contributed by atoms with van der Waals surface area (Å²) >= 11 is 6.74. The molecule has 0 aliphatic carbocycles. The van der Waals surface area contributed by atoms with E-state index < -0.39 is 0 Å². The van der Waals surface area contributed by atoms with E-state index in [1.165, 1.54) is 4.88 Å². The van der Waals surface area contributed by atoms with Gasteiger partial charge in [0.05, 0.1) is 5.75 Å². The molecule has 0 atom stereocenters. The van der Waals surface area contributed by atoms with Crippen molar-refractivity contribution in [2.24, 2.45) is 0 Å². The summed E-state index contributed by atoms with van der Waals surface area (Å²) in [4.78, 5) is 12.7. The number of carbonyl (C=O) groups excluding carboxylic acids is 1. The van der Waals surface area contributed by atoms with Gasteiger partial charge in [-0.05, 0) is 48.1 Å². The van der Waals surface area contributed by atoms with Gasteiger partial charge in [-0.25, -0.2) is 0 Å². The van der Waals surface area contributed by atoms with E-state index in [1.54, 1.807) is 23.1 Å². The van der Waals surface area contributed by atoms with Crippen LogP contribution in [0.3, 0.4) is 0 Å². The fraction of sp³-hybridized carbons (Fsp3) is 0.545. The van der Waals surface area contributed by atoms with Crippen LogP contribution in [0.1, 0.15) is 25.6 Å². The Hall–Kier alpha value is -0.000000000000000111. The molecule has 0 aromatic carbocycles. The maximum Gasteiger partial charge on any atom is 0.316 e. The number of carbonyl (C=O) groups is 1.